The van der Waals surface area contributed by atoms with Crippen LogP contribution in [-0.2, 0) is 38.2 Å². The van der Waals surface area contributed by atoms with E-state index in [0.717, 1.165) is 5.75 Å². The largest absolute Gasteiger partial charge is 0.377 e. The van der Waals surface area contributed by atoms with Crippen LogP contribution in [0.25, 0.3) is 22.5 Å². The molecule has 0 aromatic carbocycles. The minimum absolute atomic E-state index is 0.000606. The van der Waals surface area contributed by atoms with Crippen molar-refractivity contribution in [2.24, 2.45) is 17.8 Å². The van der Waals surface area contributed by atoms with Crippen LogP contribution in [0.5, 0.6) is 0 Å². The summed E-state index contributed by atoms with van der Waals surface area (Å²) in [5.74, 6) is 0.944. The quantitative estimate of drug-likeness (QED) is 0.134. The number of aromatic nitrogens is 6. The van der Waals surface area contributed by atoms with Crippen LogP contribution < -0.4 is 11.1 Å². The Morgan fingerprint density at radius 2 is 1.21 bits per heavy atom. The molecular formula is C45H52F2N8O5S2. The summed E-state index contributed by atoms with van der Waals surface area (Å²) in [6, 6.07) is 6.46. The first-order valence-electron chi connectivity index (χ1n) is 20.4. The molecule has 0 N–H and O–H groups in total. The molecule has 4 aromatic heterocycles. The van der Waals surface area contributed by atoms with Crippen molar-refractivity contribution in [2.75, 3.05) is 25.2 Å². The van der Waals surface area contributed by atoms with Crippen LogP contribution >= 0.6 is 23.5 Å². The van der Waals surface area contributed by atoms with Crippen LogP contribution in [0.15, 0.2) is 44.4 Å². The standard InChI is InChI=1S/C23H27FN4O2S.C22H25FN4O3S/c1-13(2)18(29)7-6-14-11-28-21(30)16(9-25)19(27-22(28)31-12-14)15-8-17(24)20(26-10-15)23(3,4)5;1-22(2,3)19-17(23)7-14(9-25-19)18-16(8-24)20(29)27-10-13(12-31-21(27)26-18)5-6-15(28)11-30-4/h8,10,13-14H,6-7,11-12H2,1-5H3;7,9,13H,5-6,10-12H2,1-4H3. The SMILES string of the molecule is CC(C)C(=O)CCC1CSc2nc(-c3cnc(C(C)(C)C)c(F)c3)c(C#N)c(=O)n2C1.COCC(=O)CCC1CSc2nc(-c3cnc(C(C)(C)C)c(F)c3)c(C#N)c(=O)n2C1. The topological polar surface area (TPSA) is 187 Å². The number of hydrogen-bond acceptors (Lipinski definition) is 13. The van der Waals surface area contributed by atoms with E-state index in [-0.39, 0.29) is 58.4 Å². The zero-order valence-corrected chi connectivity index (χ0v) is 38.2. The molecule has 0 saturated carbocycles. The number of pyridine rings is 2. The average Bonchev–Trinajstić information content (AvgIpc) is 3.21. The van der Waals surface area contributed by atoms with Gasteiger partial charge in [-0.05, 0) is 36.8 Å². The maximum absolute atomic E-state index is 14.7. The summed E-state index contributed by atoms with van der Waals surface area (Å²) < 4.78 is 37.2. The van der Waals surface area contributed by atoms with Crippen molar-refractivity contribution in [1.82, 2.24) is 29.1 Å². The van der Waals surface area contributed by atoms with Gasteiger partial charge in [0.2, 0.25) is 0 Å². The number of Topliss-reactive ketones (excluding diaryl/α,β-unsaturated/α-hetero) is 2. The van der Waals surface area contributed by atoms with E-state index in [1.807, 2.05) is 67.5 Å². The van der Waals surface area contributed by atoms with Crippen molar-refractivity contribution < 1.29 is 23.1 Å². The van der Waals surface area contributed by atoms with Crippen molar-refractivity contribution in [3.8, 4) is 34.7 Å². The Hall–Kier alpha value is -5.10. The molecule has 2 atom stereocenters. The molecule has 0 spiro atoms. The van der Waals surface area contributed by atoms with Gasteiger partial charge in [0.05, 0.1) is 22.8 Å². The Labute approximate surface area is 368 Å². The van der Waals surface area contributed by atoms with E-state index in [0.29, 0.717) is 77.4 Å². The van der Waals surface area contributed by atoms with Gasteiger partial charge >= 0.3 is 0 Å². The number of nitrogens with zero attached hydrogens (tertiary/aromatic N) is 8. The molecule has 0 aliphatic carbocycles. The highest BCUT2D eigenvalue weighted by Gasteiger charge is 2.29. The lowest BCUT2D eigenvalue weighted by Gasteiger charge is -2.25. The number of carbonyl (C=O) groups is 2. The highest BCUT2D eigenvalue weighted by atomic mass is 32.2. The molecule has 17 heteroatoms. The third-order valence-corrected chi connectivity index (χ3v) is 12.9. The second kappa shape index (κ2) is 19.9. The molecule has 13 nitrogen and oxygen atoms in total. The van der Waals surface area contributed by atoms with Crippen LogP contribution in [0.2, 0.25) is 0 Å². The summed E-state index contributed by atoms with van der Waals surface area (Å²) in [5.41, 5.74) is -0.537. The molecule has 0 saturated heterocycles. The van der Waals surface area contributed by atoms with Gasteiger partial charge in [0.25, 0.3) is 11.1 Å². The fourth-order valence-corrected chi connectivity index (χ4v) is 9.31. The smallest absolute Gasteiger partial charge is 0.272 e. The van der Waals surface area contributed by atoms with E-state index >= 15 is 0 Å². The highest BCUT2D eigenvalue weighted by molar-refractivity contribution is 7.99. The van der Waals surface area contributed by atoms with E-state index in [1.54, 1.807) is 0 Å². The number of halogens is 2. The van der Waals surface area contributed by atoms with Crippen molar-refractivity contribution in [1.29, 1.82) is 10.5 Å². The zero-order valence-electron chi connectivity index (χ0n) is 36.6. The Balaban J connectivity index is 0.000000234. The minimum atomic E-state index is -0.498. The first kappa shape index (κ1) is 47.9. The third-order valence-electron chi connectivity index (χ3n) is 10.5. The van der Waals surface area contributed by atoms with Gasteiger partial charge < -0.3 is 4.74 Å². The summed E-state index contributed by atoms with van der Waals surface area (Å²) >= 11 is 2.83. The number of methoxy groups -OCH3 is 1. The molecule has 328 valence electrons. The number of thioether (sulfide) groups is 2. The fourth-order valence-electron chi connectivity index (χ4n) is 7.06. The molecule has 2 aliphatic heterocycles. The third kappa shape index (κ3) is 11.1. The first-order valence-corrected chi connectivity index (χ1v) is 22.4. The summed E-state index contributed by atoms with van der Waals surface area (Å²) in [7, 11) is 1.48. The number of nitriles is 2. The van der Waals surface area contributed by atoms with Gasteiger partial charge in [-0.3, -0.25) is 38.3 Å². The molecule has 6 rings (SSSR count). The Morgan fingerprint density at radius 1 is 0.790 bits per heavy atom. The number of ether oxygens (including phenoxy) is 1. The molecule has 6 heterocycles. The zero-order chi connectivity index (χ0) is 45.7. The van der Waals surface area contributed by atoms with Crippen LogP contribution in [0, 0.1) is 52.1 Å². The van der Waals surface area contributed by atoms with Gasteiger partial charge in [-0.15, -0.1) is 0 Å². The van der Waals surface area contributed by atoms with E-state index in [2.05, 4.69) is 19.9 Å². The average molecular weight is 887 g/mol. The van der Waals surface area contributed by atoms with E-state index in [4.69, 9.17) is 4.74 Å². The van der Waals surface area contributed by atoms with Gasteiger partial charge in [0, 0.05) is 84.8 Å². The molecule has 0 fully saturated rings. The van der Waals surface area contributed by atoms with Gasteiger partial charge in [-0.25, -0.2) is 18.7 Å². The fraction of sp³-hybridized carbons (Fsp3) is 0.511. The van der Waals surface area contributed by atoms with Crippen molar-refractivity contribution in [3.63, 3.8) is 0 Å². The first-order chi connectivity index (χ1) is 29.2. The molecule has 0 bridgehead atoms. The molecular weight excluding hydrogens is 835 g/mol. The lowest BCUT2D eigenvalue weighted by molar-refractivity contribution is -0.123. The number of fused-ring (bicyclic) bond motifs is 2. The Morgan fingerprint density at radius 3 is 1.56 bits per heavy atom. The van der Waals surface area contributed by atoms with E-state index in [1.165, 1.54) is 64.3 Å². The van der Waals surface area contributed by atoms with E-state index < -0.39 is 33.6 Å². The summed E-state index contributed by atoms with van der Waals surface area (Å²) in [6.45, 7) is 15.8. The second-order valence-corrected chi connectivity index (χ2v) is 19.9. The predicted octanol–water partition coefficient (Wildman–Crippen LogP) is 7.67. The van der Waals surface area contributed by atoms with Crippen molar-refractivity contribution in [2.45, 2.75) is 115 Å². The Kier molecular flexibility index (Phi) is 15.4. The van der Waals surface area contributed by atoms with E-state index in [9.17, 15) is 38.5 Å². The van der Waals surface area contributed by atoms with Crippen LogP contribution in [-0.4, -0.2) is 65.9 Å². The number of ketones is 2. The Bertz CT molecular complexity index is 2570. The molecule has 2 aliphatic rings. The normalized spacial score (nSPS) is 16.0. The van der Waals surface area contributed by atoms with Crippen LogP contribution in [0.4, 0.5) is 8.78 Å². The maximum atomic E-state index is 14.7. The van der Waals surface area contributed by atoms with Crippen molar-refractivity contribution >= 4 is 35.1 Å². The monoisotopic (exact) mass is 886 g/mol. The second-order valence-electron chi connectivity index (χ2n) is 17.9. The number of carbonyl (C=O) groups excluding carboxylic acids is 2. The summed E-state index contributed by atoms with van der Waals surface area (Å²) in [4.78, 5) is 67.3. The van der Waals surface area contributed by atoms with Crippen LogP contribution in [0.3, 0.4) is 0 Å². The summed E-state index contributed by atoms with van der Waals surface area (Å²) in [5, 5.41) is 20.3. The van der Waals surface area contributed by atoms with Crippen LogP contribution in [0.1, 0.15) is 104 Å². The molecule has 2 unspecified atom stereocenters. The number of rotatable bonds is 11. The molecule has 0 amide bonds. The number of hydrogen-bond donors (Lipinski definition) is 0. The molecule has 4 aromatic rings. The van der Waals surface area contributed by atoms with Gasteiger partial charge in [-0.2, -0.15) is 10.5 Å². The van der Waals surface area contributed by atoms with Crippen molar-refractivity contribution in [3.05, 3.63) is 79.4 Å². The van der Waals surface area contributed by atoms with Gasteiger partial charge in [0.15, 0.2) is 16.1 Å². The molecule has 0 radical (unpaired) electrons. The van der Waals surface area contributed by atoms with Gasteiger partial charge in [0.1, 0.15) is 47.3 Å². The maximum Gasteiger partial charge on any atom is 0.272 e. The minimum Gasteiger partial charge on any atom is -0.377 e. The van der Waals surface area contributed by atoms with Gasteiger partial charge in [-0.1, -0.05) is 78.9 Å². The summed E-state index contributed by atoms with van der Waals surface area (Å²) in [6.07, 6.45) is 5.12. The predicted molar refractivity (Wildman–Crippen MR) is 234 cm³/mol. The molecule has 62 heavy (non-hydrogen) atoms. The highest BCUT2D eigenvalue weighted by Crippen LogP contribution is 2.34. The lowest BCUT2D eigenvalue weighted by atomic mass is 9.90. The lowest BCUT2D eigenvalue weighted by Crippen LogP contribution is -2.33.